The summed E-state index contributed by atoms with van der Waals surface area (Å²) in [5.74, 6) is 0.572. The summed E-state index contributed by atoms with van der Waals surface area (Å²) in [6.45, 7) is 2.53. The molecule has 2 aromatic carbocycles. The monoisotopic (exact) mass is 350 g/mol. The zero-order valence-corrected chi connectivity index (χ0v) is 14.8. The van der Waals surface area contributed by atoms with Crippen molar-refractivity contribution in [3.63, 3.8) is 0 Å². The zero-order valence-electron chi connectivity index (χ0n) is 14.8. The minimum atomic E-state index is -0.907. The molecule has 2 aliphatic rings. The number of amides is 3. The van der Waals surface area contributed by atoms with E-state index >= 15 is 0 Å². The minimum absolute atomic E-state index is 0.165. The van der Waals surface area contributed by atoms with E-state index < -0.39 is 5.54 Å². The van der Waals surface area contributed by atoms with Crippen molar-refractivity contribution in [2.45, 2.75) is 31.7 Å². The van der Waals surface area contributed by atoms with Gasteiger partial charge in [-0.3, -0.25) is 9.69 Å². The van der Waals surface area contributed by atoms with Gasteiger partial charge in [-0.15, -0.1) is 0 Å². The lowest BCUT2D eigenvalue weighted by molar-refractivity contribution is -0.132. The molecule has 0 radical (unpaired) electrons. The molecular formula is C21H22N2O3. The molecular weight excluding hydrogens is 328 g/mol. The van der Waals surface area contributed by atoms with Gasteiger partial charge in [0.1, 0.15) is 17.9 Å². The van der Waals surface area contributed by atoms with Crippen LogP contribution >= 0.6 is 0 Å². The Morgan fingerprint density at radius 1 is 1.12 bits per heavy atom. The van der Waals surface area contributed by atoms with Gasteiger partial charge in [-0.25, -0.2) is 4.79 Å². The van der Waals surface area contributed by atoms with Crippen molar-refractivity contribution < 1.29 is 14.3 Å². The minimum Gasteiger partial charge on any atom is -0.492 e. The molecule has 0 unspecified atom stereocenters. The Balaban J connectivity index is 1.49. The van der Waals surface area contributed by atoms with Crippen LogP contribution in [0.5, 0.6) is 5.75 Å². The van der Waals surface area contributed by atoms with E-state index in [4.69, 9.17) is 4.74 Å². The molecule has 0 aromatic heterocycles. The Morgan fingerprint density at radius 3 is 2.69 bits per heavy atom. The molecule has 5 nitrogen and oxygen atoms in total. The molecule has 1 N–H and O–H groups in total. The third-order valence-corrected chi connectivity index (χ3v) is 5.26. The van der Waals surface area contributed by atoms with Gasteiger partial charge in [-0.1, -0.05) is 42.0 Å². The predicted octanol–water partition coefficient (Wildman–Crippen LogP) is 3.16. The van der Waals surface area contributed by atoms with Crippen LogP contribution in [0.15, 0.2) is 48.5 Å². The normalized spacial score (nSPS) is 21.7. The average Bonchev–Trinajstić information content (AvgIpc) is 2.88. The Hall–Kier alpha value is -2.82. The van der Waals surface area contributed by atoms with E-state index in [0.29, 0.717) is 6.42 Å². The molecule has 2 aromatic rings. The summed E-state index contributed by atoms with van der Waals surface area (Å²) in [7, 11) is 0. The second-order valence-corrected chi connectivity index (χ2v) is 6.96. The molecule has 1 atom stereocenters. The number of ether oxygens (including phenoxy) is 1. The number of carbonyl (C=O) groups is 2. The van der Waals surface area contributed by atoms with Gasteiger partial charge in [-0.05, 0) is 49.4 Å². The number of nitrogens with zero attached hydrogens (tertiary/aromatic N) is 1. The molecule has 1 heterocycles. The van der Waals surface area contributed by atoms with Crippen LogP contribution in [0.25, 0.3) is 0 Å². The van der Waals surface area contributed by atoms with Gasteiger partial charge in [0, 0.05) is 0 Å². The SMILES string of the molecule is Cc1ccc(OCCN2C(=O)N[C@]3(CCCc4ccccc43)C2=O)cc1. The molecule has 4 rings (SSSR count). The fourth-order valence-electron chi connectivity index (χ4n) is 3.90. The van der Waals surface area contributed by atoms with Crippen molar-refractivity contribution >= 4 is 11.9 Å². The highest BCUT2D eigenvalue weighted by molar-refractivity contribution is 6.07. The fraction of sp³-hybridized carbons (Fsp3) is 0.333. The number of nitrogens with one attached hydrogen (secondary N) is 1. The zero-order chi connectivity index (χ0) is 18.1. The highest BCUT2D eigenvalue weighted by Crippen LogP contribution is 2.39. The quantitative estimate of drug-likeness (QED) is 0.862. The smallest absolute Gasteiger partial charge is 0.325 e. The lowest BCUT2D eigenvalue weighted by Gasteiger charge is -2.33. The molecule has 26 heavy (non-hydrogen) atoms. The van der Waals surface area contributed by atoms with E-state index in [1.807, 2.05) is 55.5 Å². The first-order chi connectivity index (χ1) is 12.6. The Morgan fingerprint density at radius 2 is 1.88 bits per heavy atom. The van der Waals surface area contributed by atoms with E-state index in [1.165, 1.54) is 4.90 Å². The number of rotatable bonds is 4. The second kappa shape index (κ2) is 6.48. The van der Waals surface area contributed by atoms with Crippen LogP contribution in [-0.4, -0.2) is 30.0 Å². The molecule has 134 valence electrons. The van der Waals surface area contributed by atoms with E-state index in [2.05, 4.69) is 5.32 Å². The van der Waals surface area contributed by atoms with E-state index in [9.17, 15) is 9.59 Å². The fourth-order valence-corrected chi connectivity index (χ4v) is 3.90. The number of urea groups is 1. The first kappa shape index (κ1) is 16.6. The summed E-state index contributed by atoms with van der Waals surface area (Å²) in [5, 5.41) is 2.96. The van der Waals surface area contributed by atoms with Crippen molar-refractivity contribution in [2.75, 3.05) is 13.2 Å². The standard InChI is InChI=1S/C21H22N2O3/c1-15-8-10-17(11-9-15)26-14-13-23-19(24)21(22-20(23)25)12-4-6-16-5-2-3-7-18(16)21/h2-3,5,7-11H,4,6,12-14H2,1H3,(H,22,25)/t21-/m0/s1. The second-order valence-electron chi connectivity index (χ2n) is 6.96. The number of hydrogen-bond acceptors (Lipinski definition) is 3. The van der Waals surface area contributed by atoms with Crippen LogP contribution in [0.4, 0.5) is 4.79 Å². The third-order valence-electron chi connectivity index (χ3n) is 5.26. The average molecular weight is 350 g/mol. The lowest BCUT2D eigenvalue weighted by Crippen LogP contribution is -2.46. The number of imide groups is 1. The predicted molar refractivity (Wildman–Crippen MR) is 98.0 cm³/mol. The van der Waals surface area contributed by atoms with Gasteiger partial charge in [0.2, 0.25) is 0 Å². The summed E-state index contributed by atoms with van der Waals surface area (Å²) < 4.78 is 5.69. The van der Waals surface area contributed by atoms with Crippen molar-refractivity contribution in [3.8, 4) is 5.75 Å². The van der Waals surface area contributed by atoms with Crippen molar-refractivity contribution in [1.82, 2.24) is 10.2 Å². The maximum absolute atomic E-state index is 13.1. The van der Waals surface area contributed by atoms with Crippen molar-refractivity contribution in [3.05, 3.63) is 65.2 Å². The lowest BCUT2D eigenvalue weighted by atomic mass is 9.76. The van der Waals surface area contributed by atoms with E-state index in [0.717, 1.165) is 35.3 Å². The summed E-state index contributed by atoms with van der Waals surface area (Å²) in [4.78, 5) is 26.9. The van der Waals surface area contributed by atoms with Crippen LogP contribution in [0, 0.1) is 6.92 Å². The van der Waals surface area contributed by atoms with Crippen LogP contribution in [0.3, 0.4) is 0 Å². The van der Waals surface area contributed by atoms with Crippen molar-refractivity contribution in [2.24, 2.45) is 0 Å². The van der Waals surface area contributed by atoms with Gasteiger partial charge in [0.25, 0.3) is 5.91 Å². The highest BCUT2D eigenvalue weighted by atomic mass is 16.5. The summed E-state index contributed by atoms with van der Waals surface area (Å²) in [6, 6.07) is 15.3. The molecule has 1 saturated heterocycles. The van der Waals surface area contributed by atoms with E-state index in [1.54, 1.807) is 0 Å². The molecule has 1 spiro atoms. The van der Waals surface area contributed by atoms with Gasteiger partial charge in [-0.2, -0.15) is 0 Å². The molecule has 1 fully saturated rings. The molecule has 0 saturated carbocycles. The van der Waals surface area contributed by atoms with Gasteiger partial charge < -0.3 is 10.1 Å². The van der Waals surface area contributed by atoms with Crippen LogP contribution < -0.4 is 10.1 Å². The Kier molecular flexibility index (Phi) is 4.15. The summed E-state index contributed by atoms with van der Waals surface area (Å²) in [5.41, 5.74) is 2.33. The van der Waals surface area contributed by atoms with Crippen LogP contribution in [-0.2, 0) is 16.8 Å². The largest absolute Gasteiger partial charge is 0.492 e. The maximum Gasteiger partial charge on any atom is 0.325 e. The van der Waals surface area contributed by atoms with Crippen molar-refractivity contribution in [1.29, 1.82) is 0 Å². The Bertz CT molecular complexity index is 847. The number of benzene rings is 2. The van der Waals surface area contributed by atoms with Crippen LogP contribution in [0.2, 0.25) is 0 Å². The van der Waals surface area contributed by atoms with Gasteiger partial charge in [0.05, 0.1) is 6.54 Å². The third kappa shape index (κ3) is 2.73. The van der Waals surface area contributed by atoms with Gasteiger partial charge in [0.15, 0.2) is 0 Å². The van der Waals surface area contributed by atoms with Crippen LogP contribution in [0.1, 0.15) is 29.5 Å². The number of carbonyl (C=O) groups excluding carboxylic acids is 2. The summed E-state index contributed by atoms with van der Waals surface area (Å²) in [6.07, 6.45) is 2.47. The molecule has 5 heteroatoms. The Labute approximate surface area is 153 Å². The molecule has 1 aliphatic heterocycles. The number of fused-ring (bicyclic) bond motifs is 2. The first-order valence-electron chi connectivity index (χ1n) is 9.02. The topological polar surface area (TPSA) is 58.6 Å². The first-order valence-corrected chi connectivity index (χ1v) is 9.02. The maximum atomic E-state index is 13.1. The number of hydrogen-bond donors (Lipinski definition) is 1. The molecule has 3 amide bonds. The molecule has 0 bridgehead atoms. The molecule has 1 aliphatic carbocycles. The van der Waals surface area contributed by atoms with Gasteiger partial charge >= 0.3 is 6.03 Å². The van der Waals surface area contributed by atoms with E-state index in [-0.39, 0.29) is 25.1 Å². The summed E-state index contributed by atoms with van der Waals surface area (Å²) >= 11 is 0. The highest BCUT2D eigenvalue weighted by Gasteiger charge is 2.53. The number of aryl methyl sites for hydroxylation is 2.